The molecule has 3 heteroatoms. The Kier molecular flexibility index (Phi) is 0.749. The zero-order valence-electron chi connectivity index (χ0n) is 4.13. The van der Waals surface area contributed by atoms with Gasteiger partial charge in [-0.15, -0.1) is 0 Å². The molecule has 1 rings (SSSR count). The van der Waals surface area contributed by atoms with Gasteiger partial charge in [0.05, 0.1) is 7.05 Å². The molecule has 37 valence electrons. The second-order valence-electron chi connectivity index (χ2n) is 1.46. The summed E-state index contributed by atoms with van der Waals surface area (Å²) < 4.78 is 0. The molecular formula is C4H7N3+. The van der Waals surface area contributed by atoms with Crippen molar-refractivity contribution in [3.8, 4) is 0 Å². The Morgan fingerprint density at radius 1 is 1.86 bits per heavy atom. The van der Waals surface area contributed by atoms with E-state index in [9.17, 15) is 0 Å². The zero-order chi connectivity index (χ0) is 5.28. The summed E-state index contributed by atoms with van der Waals surface area (Å²) in [6, 6.07) is 0. The predicted molar refractivity (Wildman–Crippen MR) is 28.2 cm³/mol. The van der Waals surface area contributed by atoms with E-state index in [1.807, 2.05) is 7.05 Å². The molecule has 0 bridgehead atoms. The van der Waals surface area contributed by atoms with E-state index in [2.05, 4.69) is 4.99 Å². The Bertz CT molecular complexity index is 125. The van der Waals surface area contributed by atoms with Crippen molar-refractivity contribution in [3.63, 3.8) is 0 Å². The molecule has 0 aromatic heterocycles. The van der Waals surface area contributed by atoms with Gasteiger partial charge in [-0.25, -0.2) is 0 Å². The van der Waals surface area contributed by atoms with Gasteiger partial charge in [0.15, 0.2) is 0 Å². The fraction of sp³-hybridized carbons (Fsp3) is 0.250. The maximum Gasteiger partial charge on any atom is 0.286 e. The van der Waals surface area contributed by atoms with Crippen molar-refractivity contribution in [2.45, 2.75) is 0 Å². The highest BCUT2D eigenvalue weighted by atomic mass is 15.2. The molecule has 0 amide bonds. The minimum absolute atomic E-state index is 0.572. The first kappa shape index (κ1) is 4.18. The highest BCUT2D eigenvalue weighted by Gasteiger charge is 2.05. The lowest BCUT2D eigenvalue weighted by Crippen LogP contribution is -2.03. The van der Waals surface area contributed by atoms with Crippen LogP contribution in [0.25, 0.3) is 0 Å². The lowest BCUT2D eigenvalue weighted by molar-refractivity contribution is 0.722. The van der Waals surface area contributed by atoms with E-state index in [0.717, 1.165) is 0 Å². The molecule has 0 atom stereocenters. The lowest BCUT2D eigenvalue weighted by Gasteiger charge is -1.87. The van der Waals surface area contributed by atoms with Gasteiger partial charge in [0.1, 0.15) is 6.20 Å². The molecule has 0 unspecified atom stereocenters. The van der Waals surface area contributed by atoms with E-state index in [1.165, 1.54) is 0 Å². The molecule has 1 aliphatic rings. The van der Waals surface area contributed by atoms with Crippen LogP contribution < -0.4 is 10.7 Å². The van der Waals surface area contributed by atoms with Crippen LogP contribution in [-0.4, -0.2) is 18.3 Å². The van der Waals surface area contributed by atoms with Crippen LogP contribution in [0.4, 0.5) is 0 Å². The summed E-state index contributed by atoms with van der Waals surface area (Å²) >= 11 is 0. The molecule has 1 radical (unpaired) electrons. The number of hydrogen-bond acceptors (Lipinski definition) is 3. The van der Waals surface area contributed by atoms with Crippen LogP contribution in [0, 0.1) is 0 Å². The van der Waals surface area contributed by atoms with Crippen molar-refractivity contribution in [1.82, 2.24) is 9.89 Å². The van der Waals surface area contributed by atoms with Crippen LogP contribution in [-0.2, 0) is 0 Å². The topological polar surface area (TPSA) is 43.4 Å². The third kappa shape index (κ3) is 0.707. The highest BCUT2D eigenvalue weighted by Crippen LogP contribution is 1.86. The number of nitrogens with zero attached hydrogens (tertiary/aromatic N) is 2. The molecule has 0 aliphatic carbocycles. The van der Waals surface area contributed by atoms with Crippen molar-refractivity contribution in [2.24, 2.45) is 5.73 Å². The van der Waals surface area contributed by atoms with Gasteiger partial charge in [-0.1, -0.05) is 4.99 Å². The van der Waals surface area contributed by atoms with Gasteiger partial charge in [-0.3, -0.25) is 4.90 Å². The Hall–Kier alpha value is -0.990. The summed E-state index contributed by atoms with van der Waals surface area (Å²) in [5.74, 6) is 0.572. The molecule has 0 aromatic rings. The number of aliphatic imine (C=N–C) groups is 1. The van der Waals surface area contributed by atoms with Crippen LogP contribution in [0.5, 0.6) is 0 Å². The summed E-state index contributed by atoms with van der Waals surface area (Å²) in [5, 5.41) is 0. The van der Waals surface area contributed by atoms with Gasteiger partial charge < -0.3 is 5.73 Å². The van der Waals surface area contributed by atoms with E-state index < -0.39 is 0 Å². The van der Waals surface area contributed by atoms with Gasteiger partial charge in [0, 0.05) is 0 Å². The Morgan fingerprint density at radius 3 is 2.71 bits per heavy atom. The van der Waals surface area contributed by atoms with E-state index in [4.69, 9.17) is 5.73 Å². The summed E-state index contributed by atoms with van der Waals surface area (Å²) in [7, 11) is 1.88. The summed E-state index contributed by atoms with van der Waals surface area (Å²) in [5.41, 5.74) is 5.25. The first-order chi connectivity index (χ1) is 3.29. The van der Waals surface area contributed by atoms with Gasteiger partial charge in [0.2, 0.25) is 6.34 Å². The van der Waals surface area contributed by atoms with E-state index in [0.29, 0.717) is 5.82 Å². The number of rotatable bonds is 0. The lowest BCUT2D eigenvalue weighted by atomic mass is 10.8. The monoisotopic (exact) mass is 97.1 g/mol. The fourth-order valence-corrected chi connectivity index (χ4v) is 0.433. The molecule has 0 spiro atoms. The van der Waals surface area contributed by atoms with Crippen molar-refractivity contribution in [1.29, 1.82) is 0 Å². The normalized spacial score (nSPS) is 17.9. The summed E-state index contributed by atoms with van der Waals surface area (Å²) in [6.45, 7) is 0. The molecule has 0 fully saturated rings. The predicted octanol–water partition coefficient (Wildman–Crippen LogP) is -0.946. The molecule has 1 aliphatic heterocycles. The number of nitrogens with two attached hydrogens (primary N) is 1. The first-order valence-corrected chi connectivity index (χ1v) is 2.02. The van der Waals surface area contributed by atoms with Gasteiger partial charge in [-0.05, 0) is 0 Å². The minimum Gasteiger partial charge on any atom is -0.314 e. The fourth-order valence-electron chi connectivity index (χ4n) is 0.433. The van der Waals surface area contributed by atoms with Crippen LogP contribution >= 0.6 is 0 Å². The molecule has 1 heterocycles. The molecule has 2 N–H and O–H groups in total. The number of hydrogen-bond donors (Lipinski definition) is 1. The van der Waals surface area contributed by atoms with Gasteiger partial charge in [-0.2, -0.15) is 0 Å². The van der Waals surface area contributed by atoms with Gasteiger partial charge >= 0.3 is 0 Å². The molecule has 7 heavy (non-hydrogen) atoms. The minimum atomic E-state index is 0.572. The molecule has 0 aromatic carbocycles. The summed E-state index contributed by atoms with van der Waals surface area (Å²) in [4.78, 5) is 5.56. The zero-order valence-corrected chi connectivity index (χ0v) is 4.13. The van der Waals surface area contributed by atoms with Crippen LogP contribution in [0.3, 0.4) is 0 Å². The van der Waals surface area contributed by atoms with E-state index in [1.54, 1.807) is 17.4 Å². The average Bonchev–Trinajstić information content (AvgIpc) is 1.87. The van der Waals surface area contributed by atoms with Crippen molar-refractivity contribution in [3.05, 3.63) is 12.0 Å². The van der Waals surface area contributed by atoms with E-state index >= 15 is 0 Å². The average molecular weight is 97.1 g/mol. The largest absolute Gasteiger partial charge is 0.314 e. The molecule has 3 nitrogen and oxygen atoms in total. The second kappa shape index (κ2) is 1.26. The van der Waals surface area contributed by atoms with Gasteiger partial charge in [0.25, 0.3) is 5.82 Å². The molecular weight excluding hydrogens is 90.1 g/mol. The molecule has 0 saturated heterocycles. The van der Waals surface area contributed by atoms with Crippen LogP contribution in [0.1, 0.15) is 0 Å². The van der Waals surface area contributed by atoms with Crippen LogP contribution in [0.15, 0.2) is 12.0 Å². The maximum atomic E-state index is 5.25. The van der Waals surface area contributed by atoms with Crippen molar-refractivity contribution >= 4 is 6.34 Å². The quantitative estimate of drug-likeness (QED) is 0.423. The Morgan fingerprint density at radius 2 is 2.57 bits per heavy atom. The second-order valence-corrected chi connectivity index (χ2v) is 1.46. The third-order valence-electron chi connectivity index (χ3n) is 0.725. The highest BCUT2D eigenvalue weighted by molar-refractivity contribution is 5.58. The first-order valence-electron chi connectivity index (χ1n) is 2.02. The standard InChI is InChI=1S/C4H7N3/c1-7-2-4(5)6-3-7/h2-3H,5H2,1H3/q+1. The van der Waals surface area contributed by atoms with Crippen LogP contribution in [0.2, 0.25) is 0 Å². The smallest absolute Gasteiger partial charge is 0.286 e. The van der Waals surface area contributed by atoms with E-state index in [-0.39, 0.29) is 0 Å². The summed E-state index contributed by atoms with van der Waals surface area (Å²) in [6.07, 6.45) is 3.41. The SMILES string of the molecule is CN1C=[N+]C(N)=C1. The van der Waals surface area contributed by atoms with Crippen molar-refractivity contribution in [2.75, 3.05) is 7.05 Å². The molecule has 0 saturated carbocycles. The Labute approximate surface area is 42.1 Å². The van der Waals surface area contributed by atoms with Crippen molar-refractivity contribution < 1.29 is 0 Å². The Balaban J connectivity index is 2.69. The third-order valence-corrected chi connectivity index (χ3v) is 0.725. The maximum absolute atomic E-state index is 5.25.